The van der Waals surface area contributed by atoms with Gasteiger partial charge in [-0.15, -0.1) is 0 Å². The molecule has 1 heterocycles. The van der Waals surface area contributed by atoms with Crippen molar-refractivity contribution in [2.24, 2.45) is 0 Å². The van der Waals surface area contributed by atoms with Crippen LogP contribution in [0.4, 0.5) is 0 Å². The Labute approximate surface area is 85.8 Å². The van der Waals surface area contributed by atoms with E-state index < -0.39 is 0 Å². The molecular weight excluding hydrogens is 178 g/mol. The first-order valence-corrected chi connectivity index (χ1v) is 5.23. The summed E-state index contributed by atoms with van der Waals surface area (Å²) in [7, 11) is 0. The van der Waals surface area contributed by atoms with Crippen LogP contribution in [-0.4, -0.2) is 50.3 Å². The fourth-order valence-corrected chi connectivity index (χ4v) is 1.50. The minimum Gasteiger partial charge on any atom is -0.379 e. The summed E-state index contributed by atoms with van der Waals surface area (Å²) in [4.78, 5) is 2.38. The molecule has 4 heteroatoms. The molecule has 1 atom stereocenters. The fourth-order valence-electron chi connectivity index (χ4n) is 1.50. The van der Waals surface area contributed by atoms with E-state index >= 15 is 0 Å². The van der Waals surface area contributed by atoms with E-state index in [-0.39, 0.29) is 0 Å². The average Bonchev–Trinajstić information content (AvgIpc) is 2.20. The molecule has 0 saturated carbocycles. The fraction of sp³-hybridized carbons (Fsp3) is 0.900. The van der Waals surface area contributed by atoms with Crippen LogP contribution in [0.3, 0.4) is 0 Å². The van der Waals surface area contributed by atoms with Gasteiger partial charge in [-0.3, -0.25) is 4.90 Å². The molecule has 80 valence electrons. The van der Waals surface area contributed by atoms with Gasteiger partial charge in [0.15, 0.2) is 0 Å². The van der Waals surface area contributed by atoms with Crippen LogP contribution in [0.15, 0.2) is 0 Å². The number of ether oxygens (including phenoxy) is 1. The molecule has 0 amide bonds. The minimum absolute atomic E-state index is 0.307. The van der Waals surface area contributed by atoms with Crippen molar-refractivity contribution in [3.05, 3.63) is 0 Å². The van der Waals surface area contributed by atoms with Crippen LogP contribution in [0, 0.1) is 11.3 Å². The Kier molecular flexibility index (Phi) is 5.53. The van der Waals surface area contributed by atoms with Crippen LogP contribution < -0.4 is 5.32 Å². The molecule has 1 N–H and O–H groups in total. The lowest BCUT2D eigenvalue weighted by molar-refractivity contribution is 0.0382. The monoisotopic (exact) mass is 197 g/mol. The SMILES string of the molecule is CC(CC#N)NCCN1CCOCC1. The van der Waals surface area contributed by atoms with Crippen LogP contribution >= 0.6 is 0 Å². The van der Waals surface area contributed by atoms with Crippen molar-refractivity contribution < 1.29 is 4.74 Å². The summed E-state index contributed by atoms with van der Waals surface area (Å²) < 4.78 is 5.26. The summed E-state index contributed by atoms with van der Waals surface area (Å²) >= 11 is 0. The Hall–Kier alpha value is -0.630. The third-order valence-corrected chi connectivity index (χ3v) is 2.42. The highest BCUT2D eigenvalue weighted by Gasteiger charge is 2.09. The third-order valence-electron chi connectivity index (χ3n) is 2.42. The molecular formula is C10H19N3O. The summed E-state index contributed by atoms with van der Waals surface area (Å²) in [5.41, 5.74) is 0. The van der Waals surface area contributed by atoms with E-state index in [1.807, 2.05) is 6.92 Å². The van der Waals surface area contributed by atoms with Crippen LogP contribution in [0.5, 0.6) is 0 Å². The Balaban J connectivity index is 2.00. The number of hydrogen-bond acceptors (Lipinski definition) is 4. The first-order chi connectivity index (χ1) is 6.83. The van der Waals surface area contributed by atoms with Gasteiger partial charge in [0.25, 0.3) is 0 Å². The number of nitrogens with zero attached hydrogens (tertiary/aromatic N) is 2. The van der Waals surface area contributed by atoms with Gasteiger partial charge in [0.2, 0.25) is 0 Å². The van der Waals surface area contributed by atoms with E-state index in [1.54, 1.807) is 0 Å². The number of hydrogen-bond donors (Lipinski definition) is 1. The first kappa shape index (κ1) is 11.4. The predicted molar refractivity (Wildman–Crippen MR) is 55.0 cm³/mol. The highest BCUT2D eigenvalue weighted by atomic mass is 16.5. The molecule has 0 radical (unpaired) electrons. The summed E-state index contributed by atoms with van der Waals surface area (Å²) in [6.45, 7) is 7.84. The molecule has 0 aromatic heterocycles. The Bertz CT molecular complexity index is 184. The van der Waals surface area contributed by atoms with Gasteiger partial charge in [0, 0.05) is 32.2 Å². The minimum atomic E-state index is 0.307. The smallest absolute Gasteiger partial charge is 0.0638 e. The van der Waals surface area contributed by atoms with Gasteiger partial charge in [-0.25, -0.2) is 0 Å². The van der Waals surface area contributed by atoms with Crippen molar-refractivity contribution in [1.29, 1.82) is 5.26 Å². The molecule has 0 aromatic rings. The molecule has 0 spiro atoms. The largest absolute Gasteiger partial charge is 0.379 e. The maximum absolute atomic E-state index is 8.47. The molecule has 0 aliphatic carbocycles. The zero-order valence-electron chi connectivity index (χ0n) is 8.83. The standard InChI is InChI=1S/C10H19N3O/c1-10(2-3-11)12-4-5-13-6-8-14-9-7-13/h10,12H,2,4-9H2,1H3. The maximum Gasteiger partial charge on any atom is 0.0638 e. The van der Waals surface area contributed by atoms with E-state index in [1.165, 1.54) is 0 Å². The molecule has 14 heavy (non-hydrogen) atoms. The van der Waals surface area contributed by atoms with Gasteiger partial charge in [0.05, 0.1) is 25.7 Å². The average molecular weight is 197 g/mol. The van der Waals surface area contributed by atoms with Gasteiger partial charge in [-0.2, -0.15) is 5.26 Å². The van der Waals surface area contributed by atoms with Gasteiger partial charge >= 0.3 is 0 Å². The van der Waals surface area contributed by atoms with Crippen LogP contribution in [0.1, 0.15) is 13.3 Å². The lowest BCUT2D eigenvalue weighted by Gasteiger charge is -2.27. The summed E-state index contributed by atoms with van der Waals surface area (Å²) in [5, 5.41) is 11.8. The topological polar surface area (TPSA) is 48.3 Å². The molecule has 1 aliphatic heterocycles. The summed E-state index contributed by atoms with van der Waals surface area (Å²) in [5.74, 6) is 0. The second-order valence-corrected chi connectivity index (χ2v) is 3.67. The second kappa shape index (κ2) is 6.77. The highest BCUT2D eigenvalue weighted by molar-refractivity contribution is 4.77. The van der Waals surface area contributed by atoms with E-state index in [9.17, 15) is 0 Å². The van der Waals surface area contributed by atoms with Crippen molar-refractivity contribution in [1.82, 2.24) is 10.2 Å². The van der Waals surface area contributed by atoms with Crippen LogP contribution in [-0.2, 0) is 4.74 Å². The first-order valence-electron chi connectivity index (χ1n) is 5.23. The Morgan fingerprint density at radius 1 is 1.50 bits per heavy atom. The molecule has 1 fully saturated rings. The van der Waals surface area contributed by atoms with Gasteiger partial charge in [0.1, 0.15) is 0 Å². The van der Waals surface area contributed by atoms with Crippen LogP contribution in [0.2, 0.25) is 0 Å². The number of morpholine rings is 1. The molecule has 1 unspecified atom stereocenters. The second-order valence-electron chi connectivity index (χ2n) is 3.67. The van der Waals surface area contributed by atoms with Gasteiger partial charge in [-0.1, -0.05) is 0 Å². The zero-order valence-corrected chi connectivity index (χ0v) is 8.83. The van der Waals surface area contributed by atoms with Crippen molar-refractivity contribution in [3.63, 3.8) is 0 Å². The highest BCUT2D eigenvalue weighted by Crippen LogP contribution is 1.95. The zero-order chi connectivity index (χ0) is 10.2. The van der Waals surface area contributed by atoms with Crippen molar-refractivity contribution in [2.45, 2.75) is 19.4 Å². The van der Waals surface area contributed by atoms with E-state index in [0.717, 1.165) is 39.4 Å². The molecule has 0 bridgehead atoms. The molecule has 1 saturated heterocycles. The number of nitriles is 1. The Morgan fingerprint density at radius 2 is 2.21 bits per heavy atom. The normalized spacial score (nSPS) is 20.3. The number of rotatable bonds is 5. The number of nitrogens with one attached hydrogen (secondary N) is 1. The van der Waals surface area contributed by atoms with E-state index in [4.69, 9.17) is 10.00 Å². The van der Waals surface area contributed by atoms with Crippen LogP contribution in [0.25, 0.3) is 0 Å². The molecule has 1 aliphatic rings. The van der Waals surface area contributed by atoms with Gasteiger partial charge < -0.3 is 10.1 Å². The van der Waals surface area contributed by atoms with E-state index in [2.05, 4.69) is 16.3 Å². The van der Waals surface area contributed by atoms with Gasteiger partial charge in [-0.05, 0) is 6.92 Å². The molecule has 1 rings (SSSR count). The quantitative estimate of drug-likeness (QED) is 0.684. The predicted octanol–water partition coefficient (Wildman–Crippen LogP) is 0.210. The Morgan fingerprint density at radius 3 is 2.86 bits per heavy atom. The maximum atomic E-state index is 8.47. The summed E-state index contributed by atoms with van der Waals surface area (Å²) in [6, 6.07) is 2.47. The van der Waals surface area contributed by atoms with Crippen molar-refractivity contribution in [2.75, 3.05) is 39.4 Å². The summed E-state index contributed by atoms with van der Waals surface area (Å²) in [6.07, 6.45) is 0.586. The third kappa shape index (κ3) is 4.56. The van der Waals surface area contributed by atoms with Crippen molar-refractivity contribution in [3.8, 4) is 6.07 Å². The molecule has 0 aromatic carbocycles. The van der Waals surface area contributed by atoms with Crippen molar-refractivity contribution >= 4 is 0 Å². The lowest BCUT2D eigenvalue weighted by atomic mass is 10.2. The lowest BCUT2D eigenvalue weighted by Crippen LogP contribution is -2.41. The van der Waals surface area contributed by atoms with E-state index in [0.29, 0.717) is 12.5 Å². The molecule has 4 nitrogen and oxygen atoms in total.